The molecule has 0 aliphatic rings. The largest absolute Gasteiger partial charge is 0.497 e. The molecule has 0 fully saturated rings. The minimum absolute atomic E-state index is 0.169. The number of benzene rings is 1. The molecule has 2 aromatic rings. The summed E-state index contributed by atoms with van der Waals surface area (Å²) in [7, 11) is 3.41. The molecule has 7 nitrogen and oxygen atoms in total. The number of ether oxygens (including phenoxy) is 2. The molecule has 0 aliphatic heterocycles. The van der Waals surface area contributed by atoms with Crippen molar-refractivity contribution < 1.29 is 14.3 Å². The number of hydrogen-bond acceptors (Lipinski definition) is 6. The van der Waals surface area contributed by atoms with Crippen molar-refractivity contribution in [3.8, 4) is 11.5 Å². The number of thioether (sulfide) groups is 1. The first kappa shape index (κ1) is 15.2. The molecular weight excluding hydrogens is 292 g/mol. The second-order valence-corrected chi connectivity index (χ2v) is 5.12. The highest BCUT2D eigenvalue weighted by Crippen LogP contribution is 2.20. The van der Waals surface area contributed by atoms with Gasteiger partial charge in [-0.05, 0) is 12.1 Å². The third kappa shape index (κ3) is 4.12. The Morgan fingerprint density at radius 2 is 2.14 bits per heavy atom. The Morgan fingerprint density at radius 3 is 2.86 bits per heavy atom. The second-order valence-electron chi connectivity index (χ2n) is 4.18. The van der Waals surface area contributed by atoms with Gasteiger partial charge in [0, 0.05) is 13.1 Å². The summed E-state index contributed by atoms with van der Waals surface area (Å²) in [5.74, 6) is 1.84. The lowest BCUT2D eigenvalue weighted by Gasteiger charge is -2.07. The number of nitrogens with two attached hydrogens (primary N) is 1. The lowest BCUT2D eigenvalue weighted by Crippen LogP contribution is -2.13. The topological polar surface area (TPSA) is 92.3 Å². The van der Waals surface area contributed by atoms with E-state index in [1.54, 1.807) is 17.7 Å². The molecule has 0 aliphatic carbocycles. The Hall–Kier alpha value is -2.22. The van der Waals surface area contributed by atoms with E-state index < -0.39 is 5.91 Å². The van der Waals surface area contributed by atoms with Crippen LogP contribution < -0.4 is 15.2 Å². The fourth-order valence-corrected chi connectivity index (χ4v) is 2.24. The van der Waals surface area contributed by atoms with Crippen molar-refractivity contribution in [2.75, 3.05) is 12.9 Å². The van der Waals surface area contributed by atoms with Gasteiger partial charge >= 0.3 is 0 Å². The van der Waals surface area contributed by atoms with Crippen LogP contribution in [0.15, 0.2) is 29.4 Å². The van der Waals surface area contributed by atoms with Crippen LogP contribution in [-0.2, 0) is 18.4 Å². The fourth-order valence-electron chi connectivity index (χ4n) is 1.57. The van der Waals surface area contributed by atoms with Crippen LogP contribution in [0.25, 0.3) is 0 Å². The lowest BCUT2D eigenvalue weighted by atomic mass is 10.3. The summed E-state index contributed by atoms with van der Waals surface area (Å²) in [5.41, 5.74) is 5.11. The maximum atomic E-state index is 10.8. The zero-order valence-electron chi connectivity index (χ0n) is 11.8. The normalized spacial score (nSPS) is 10.4. The van der Waals surface area contributed by atoms with Crippen LogP contribution >= 0.6 is 11.8 Å². The van der Waals surface area contributed by atoms with Gasteiger partial charge in [-0.2, -0.15) is 0 Å². The number of amides is 1. The van der Waals surface area contributed by atoms with Gasteiger partial charge in [-0.25, -0.2) is 0 Å². The van der Waals surface area contributed by atoms with Gasteiger partial charge in [-0.15, -0.1) is 10.2 Å². The quantitative estimate of drug-likeness (QED) is 0.767. The predicted molar refractivity (Wildman–Crippen MR) is 78.2 cm³/mol. The molecule has 112 valence electrons. The van der Waals surface area contributed by atoms with E-state index in [0.717, 1.165) is 5.75 Å². The van der Waals surface area contributed by atoms with E-state index in [0.29, 0.717) is 16.7 Å². The van der Waals surface area contributed by atoms with E-state index in [-0.39, 0.29) is 12.4 Å². The Balaban J connectivity index is 1.98. The molecule has 21 heavy (non-hydrogen) atoms. The predicted octanol–water partition coefficient (Wildman–Crippen LogP) is 0.980. The molecule has 2 rings (SSSR count). The molecule has 1 aromatic carbocycles. The van der Waals surface area contributed by atoms with Crippen LogP contribution in [0.2, 0.25) is 0 Å². The van der Waals surface area contributed by atoms with Crippen molar-refractivity contribution in [3.63, 3.8) is 0 Å². The number of nitrogens with zero attached hydrogens (tertiary/aromatic N) is 3. The molecule has 2 N–H and O–H groups in total. The second kappa shape index (κ2) is 6.98. The molecule has 1 aromatic heterocycles. The van der Waals surface area contributed by atoms with Crippen LogP contribution in [0.4, 0.5) is 0 Å². The molecule has 0 spiro atoms. The van der Waals surface area contributed by atoms with Gasteiger partial charge in [0.25, 0.3) is 0 Å². The molecule has 0 radical (unpaired) electrons. The monoisotopic (exact) mass is 308 g/mol. The minimum atomic E-state index is -0.391. The molecule has 0 saturated heterocycles. The van der Waals surface area contributed by atoms with Crippen LogP contribution in [0.1, 0.15) is 5.82 Å². The molecule has 0 unspecified atom stereocenters. The zero-order chi connectivity index (χ0) is 15.2. The Morgan fingerprint density at radius 1 is 1.38 bits per heavy atom. The summed E-state index contributed by atoms with van der Waals surface area (Å²) in [4.78, 5) is 10.8. The van der Waals surface area contributed by atoms with E-state index in [9.17, 15) is 4.79 Å². The summed E-state index contributed by atoms with van der Waals surface area (Å²) in [6, 6.07) is 7.31. The van der Waals surface area contributed by atoms with Crippen molar-refractivity contribution in [1.29, 1.82) is 0 Å². The van der Waals surface area contributed by atoms with Gasteiger partial charge < -0.3 is 19.8 Å². The maximum absolute atomic E-state index is 10.8. The summed E-state index contributed by atoms with van der Waals surface area (Å²) >= 11 is 1.24. The van der Waals surface area contributed by atoms with E-state index in [2.05, 4.69) is 10.2 Å². The third-order valence-electron chi connectivity index (χ3n) is 2.68. The Bertz CT molecular complexity index is 630. The molecule has 1 amide bonds. The van der Waals surface area contributed by atoms with E-state index in [1.807, 2.05) is 25.2 Å². The molecule has 0 atom stereocenters. The van der Waals surface area contributed by atoms with Gasteiger partial charge in [-0.3, -0.25) is 4.79 Å². The van der Waals surface area contributed by atoms with Crippen molar-refractivity contribution in [2.45, 2.75) is 11.8 Å². The highest BCUT2D eigenvalue weighted by atomic mass is 32.2. The van der Waals surface area contributed by atoms with Gasteiger partial charge in [-0.1, -0.05) is 17.8 Å². The van der Waals surface area contributed by atoms with E-state index in [4.69, 9.17) is 15.2 Å². The number of carbonyl (C=O) groups excluding carboxylic acids is 1. The minimum Gasteiger partial charge on any atom is -0.497 e. The summed E-state index contributed by atoms with van der Waals surface area (Å²) in [6.45, 7) is 0.272. The molecular formula is C13H16N4O3S. The number of aromatic nitrogens is 3. The number of methoxy groups -OCH3 is 1. The van der Waals surface area contributed by atoms with Crippen molar-refractivity contribution in [1.82, 2.24) is 14.8 Å². The third-order valence-corrected chi connectivity index (χ3v) is 3.72. The van der Waals surface area contributed by atoms with E-state index >= 15 is 0 Å². The molecule has 0 bridgehead atoms. The Labute approximate surface area is 126 Å². The standard InChI is InChI=1S/C13H16N4O3S/c1-17-12(15-16-13(17)21-8-11(14)18)7-20-10-5-3-4-9(6-10)19-2/h3-6H,7-8H2,1-2H3,(H2,14,18). The van der Waals surface area contributed by atoms with Crippen LogP contribution in [0.3, 0.4) is 0 Å². The Kier molecular flexibility index (Phi) is 5.04. The number of carbonyl (C=O) groups is 1. The van der Waals surface area contributed by atoms with Crippen LogP contribution in [-0.4, -0.2) is 33.5 Å². The number of rotatable bonds is 7. The average molecular weight is 308 g/mol. The zero-order valence-corrected chi connectivity index (χ0v) is 12.6. The number of hydrogen-bond donors (Lipinski definition) is 1. The van der Waals surface area contributed by atoms with Gasteiger partial charge in [0.15, 0.2) is 11.0 Å². The van der Waals surface area contributed by atoms with Crippen molar-refractivity contribution >= 4 is 17.7 Å². The smallest absolute Gasteiger partial charge is 0.227 e. The van der Waals surface area contributed by atoms with Gasteiger partial charge in [0.1, 0.15) is 18.1 Å². The maximum Gasteiger partial charge on any atom is 0.227 e. The van der Waals surface area contributed by atoms with Gasteiger partial charge in [0.05, 0.1) is 12.9 Å². The summed E-state index contributed by atoms with van der Waals surface area (Å²) in [5, 5.41) is 8.66. The first-order valence-electron chi connectivity index (χ1n) is 6.16. The highest BCUT2D eigenvalue weighted by molar-refractivity contribution is 7.99. The van der Waals surface area contributed by atoms with E-state index in [1.165, 1.54) is 11.8 Å². The lowest BCUT2D eigenvalue weighted by molar-refractivity contribution is -0.115. The molecule has 8 heteroatoms. The van der Waals surface area contributed by atoms with Crippen LogP contribution in [0, 0.1) is 0 Å². The fraction of sp³-hybridized carbons (Fsp3) is 0.308. The first-order chi connectivity index (χ1) is 10.1. The van der Waals surface area contributed by atoms with Gasteiger partial charge in [0.2, 0.25) is 5.91 Å². The number of primary amides is 1. The molecule has 1 heterocycles. The summed E-state index contributed by atoms with van der Waals surface area (Å²) in [6.07, 6.45) is 0. The van der Waals surface area contributed by atoms with Crippen molar-refractivity contribution in [2.24, 2.45) is 12.8 Å². The SMILES string of the molecule is COc1cccc(OCc2nnc(SCC(N)=O)n2C)c1. The summed E-state index contributed by atoms with van der Waals surface area (Å²) < 4.78 is 12.6. The highest BCUT2D eigenvalue weighted by Gasteiger charge is 2.11. The molecule has 0 saturated carbocycles. The average Bonchev–Trinajstić information content (AvgIpc) is 2.83. The van der Waals surface area contributed by atoms with Crippen molar-refractivity contribution in [3.05, 3.63) is 30.1 Å². The van der Waals surface area contributed by atoms with Crippen LogP contribution in [0.5, 0.6) is 11.5 Å². The first-order valence-corrected chi connectivity index (χ1v) is 7.15.